The first-order valence-electron chi connectivity index (χ1n) is 3.91. The number of nitrogens with zero attached hydrogens (tertiary/aromatic N) is 1. The molecule has 2 N–H and O–H groups in total. The number of ether oxygens (including phenoxy) is 1. The van der Waals surface area contributed by atoms with Gasteiger partial charge < -0.3 is 14.9 Å². The van der Waals surface area contributed by atoms with Gasteiger partial charge in [-0.1, -0.05) is 0 Å². The standard InChI is InChI=1S/C9H10N2O2/c1-5-3-6-8(7(4-5)12-2)13-9(10)11-6/h3-4H,1-2H3,(H2,10,11). The van der Waals surface area contributed by atoms with E-state index in [0.717, 1.165) is 11.1 Å². The summed E-state index contributed by atoms with van der Waals surface area (Å²) in [6.07, 6.45) is 0. The molecule has 0 atom stereocenters. The van der Waals surface area contributed by atoms with Crippen LogP contribution in [0.5, 0.6) is 5.75 Å². The highest BCUT2D eigenvalue weighted by Gasteiger charge is 2.09. The number of aromatic nitrogens is 1. The number of fused-ring (bicyclic) bond motifs is 1. The van der Waals surface area contributed by atoms with Gasteiger partial charge in [-0.2, -0.15) is 4.98 Å². The zero-order valence-corrected chi connectivity index (χ0v) is 7.50. The van der Waals surface area contributed by atoms with Gasteiger partial charge in [0.15, 0.2) is 11.3 Å². The fourth-order valence-electron chi connectivity index (χ4n) is 1.30. The molecular weight excluding hydrogens is 168 g/mol. The van der Waals surface area contributed by atoms with Crippen molar-refractivity contribution in [2.75, 3.05) is 12.8 Å². The number of methoxy groups -OCH3 is 1. The molecule has 1 aromatic heterocycles. The number of anilines is 1. The Hall–Kier alpha value is -1.71. The van der Waals surface area contributed by atoms with Gasteiger partial charge >= 0.3 is 0 Å². The van der Waals surface area contributed by atoms with Crippen molar-refractivity contribution in [3.63, 3.8) is 0 Å². The van der Waals surface area contributed by atoms with Gasteiger partial charge in [0, 0.05) is 0 Å². The van der Waals surface area contributed by atoms with Gasteiger partial charge in [-0.25, -0.2) is 0 Å². The Morgan fingerprint density at radius 1 is 1.46 bits per heavy atom. The van der Waals surface area contributed by atoms with Gasteiger partial charge in [-0.15, -0.1) is 0 Å². The molecule has 0 spiro atoms. The Labute approximate surface area is 75.3 Å². The lowest BCUT2D eigenvalue weighted by atomic mass is 10.2. The van der Waals surface area contributed by atoms with E-state index in [1.807, 2.05) is 19.1 Å². The fraction of sp³-hybridized carbons (Fsp3) is 0.222. The summed E-state index contributed by atoms with van der Waals surface area (Å²) in [7, 11) is 1.59. The lowest BCUT2D eigenvalue weighted by Gasteiger charge is -2.00. The van der Waals surface area contributed by atoms with Crippen molar-refractivity contribution >= 4 is 17.1 Å². The Kier molecular flexibility index (Phi) is 1.62. The van der Waals surface area contributed by atoms with Gasteiger partial charge in [0.2, 0.25) is 0 Å². The summed E-state index contributed by atoms with van der Waals surface area (Å²) < 4.78 is 10.3. The Morgan fingerprint density at radius 3 is 2.92 bits per heavy atom. The molecule has 1 aromatic carbocycles. The van der Waals surface area contributed by atoms with Crippen molar-refractivity contribution in [3.8, 4) is 5.75 Å². The van der Waals surface area contributed by atoms with E-state index in [1.165, 1.54) is 0 Å². The van der Waals surface area contributed by atoms with Crippen LogP contribution in [0.1, 0.15) is 5.56 Å². The highest BCUT2D eigenvalue weighted by Crippen LogP contribution is 2.28. The first-order valence-corrected chi connectivity index (χ1v) is 3.91. The summed E-state index contributed by atoms with van der Waals surface area (Å²) >= 11 is 0. The minimum Gasteiger partial charge on any atom is -0.493 e. The third-order valence-electron chi connectivity index (χ3n) is 1.84. The van der Waals surface area contributed by atoms with Crippen molar-refractivity contribution in [2.45, 2.75) is 6.92 Å². The second kappa shape index (κ2) is 2.65. The smallest absolute Gasteiger partial charge is 0.293 e. The molecule has 0 amide bonds. The first kappa shape index (κ1) is 7.91. The number of nitrogens with two attached hydrogens (primary N) is 1. The van der Waals surface area contributed by atoms with E-state index < -0.39 is 0 Å². The maximum absolute atomic E-state index is 5.43. The number of hydrogen-bond acceptors (Lipinski definition) is 4. The molecule has 4 nitrogen and oxygen atoms in total. The SMILES string of the molecule is COc1cc(C)cc2nc(N)oc12. The average Bonchev–Trinajstić information content (AvgIpc) is 2.43. The van der Waals surface area contributed by atoms with E-state index in [2.05, 4.69) is 4.98 Å². The van der Waals surface area contributed by atoms with Crippen LogP contribution in [0.4, 0.5) is 6.01 Å². The van der Waals surface area contributed by atoms with E-state index in [1.54, 1.807) is 7.11 Å². The molecule has 0 aliphatic carbocycles. The van der Waals surface area contributed by atoms with E-state index in [-0.39, 0.29) is 6.01 Å². The van der Waals surface area contributed by atoms with Crippen molar-refractivity contribution in [1.82, 2.24) is 4.98 Å². The number of rotatable bonds is 1. The van der Waals surface area contributed by atoms with Crippen molar-refractivity contribution in [2.24, 2.45) is 0 Å². The predicted octanol–water partition coefficient (Wildman–Crippen LogP) is 1.73. The summed E-state index contributed by atoms with van der Waals surface area (Å²) in [6, 6.07) is 3.95. The molecule has 0 unspecified atom stereocenters. The molecular formula is C9H10N2O2. The zero-order valence-electron chi connectivity index (χ0n) is 7.50. The number of hydrogen-bond donors (Lipinski definition) is 1. The molecule has 2 rings (SSSR count). The van der Waals surface area contributed by atoms with Crippen molar-refractivity contribution in [3.05, 3.63) is 17.7 Å². The molecule has 2 aromatic rings. The van der Waals surface area contributed by atoms with Crippen LogP contribution in [0, 0.1) is 6.92 Å². The molecule has 0 fully saturated rings. The van der Waals surface area contributed by atoms with E-state index >= 15 is 0 Å². The quantitative estimate of drug-likeness (QED) is 0.722. The van der Waals surface area contributed by atoms with Crippen LogP contribution in [-0.4, -0.2) is 12.1 Å². The summed E-state index contributed by atoms with van der Waals surface area (Å²) in [5.74, 6) is 0.666. The molecule has 0 saturated carbocycles. The molecule has 1 heterocycles. The van der Waals surface area contributed by atoms with Crippen LogP contribution in [0.25, 0.3) is 11.1 Å². The van der Waals surface area contributed by atoms with E-state index in [4.69, 9.17) is 14.9 Å². The monoisotopic (exact) mass is 178 g/mol. The number of benzene rings is 1. The lowest BCUT2D eigenvalue weighted by molar-refractivity contribution is 0.410. The van der Waals surface area contributed by atoms with E-state index in [0.29, 0.717) is 11.3 Å². The van der Waals surface area contributed by atoms with Gasteiger partial charge in [-0.05, 0) is 24.6 Å². The van der Waals surface area contributed by atoms with Gasteiger partial charge in [0.1, 0.15) is 5.52 Å². The summed E-state index contributed by atoms with van der Waals surface area (Å²) in [5, 5.41) is 0. The van der Waals surface area contributed by atoms with E-state index in [9.17, 15) is 0 Å². The highest BCUT2D eigenvalue weighted by atomic mass is 16.5. The highest BCUT2D eigenvalue weighted by molar-refractivity contribution is 5.81. The number of nitrogen functional groups attached to an aromatic ring is 1. The van der Waals surface area contributed by atoms with Crippen molar-refractivity contribution < 1.29 is 9.15 Å². The summed E-state index contributed by atoms with van der Waals surface area (Å²) in [4.78, 5) is 4.01. The van der Waals surface area contributed by atoms with Gasteiger partial charge in [0.05, 0.1) is 7.11 Å². The Balaban J connectivity index is 2.80. The minimum atomic E-state index is 0.166. The average molecular weight is 178 g/mol. The van der Waals surface area contributed by atoms with Crippen LogP contribution in [0.3, 0.4) is 0 Å². The minimum absolute atomic E-state index is 0.166. The van der Waals surface area contributed by atoms with Crippen LogP contribution >= 0.6 is 0 Å². The maximum Gasteiger partial charge on any atom is 0.293 e. The Morgan fingerprint density at radius 2 is 2.23 bits per heavy atom. The molecule has 0 saturated heterocycles. The Bertz CT molecular complexity index is 448. The predicted molar refractivity (Wildman–Crippen MR) is 49.7 cm³/mol. The molecule has 4 heteroatoms. The topological polar surface area (TPSA) is 61.3 Å². The number of oxazole rings is 1. The third kappa shape index (κ3) is 1.20. The third-order valence-corrected chi connectivity index (χ3v) is 1.84. The summed E-state index contributed by atoms with van der Waals surface area (Å²) in [5.41, 5.74) is 7.83. The van der Waals surface area contributed by atoms with Crippen LogP contribution in [-0.2, 0) is 0 Å². The normalized spacial score (nSPS) is 10.6. The molecule has 68 valence electrons. The zero-order chi connectivity index (χ0) is 9.42. The van der Waals surface area contributed by atoms with Crippen molar-refractivity contribution in [1.29, 1.82) is 0 Å². The second-order valence-corrected chi connectivity index (χ2v) is 2.87. The molecule has 13 heavy (non-hydrogen) atoms. The largest absolute Gasteiger partial charge is 0.493 e. The molecule has 0 radical (unpaired) electrons. The van der Waals surface area contributed by atoms with Gasteiger partial charge in [-0.3, -0.25) is 0 Å². The van der Waals surface area contributed by atoms with Gasteiger partial charge in [0.25, 0.3) is 6.01 Å². The molecule has 0 aliphatic heterocycles. The molecule has 0 aliphatic rings. The maximum atomic E-state index is 5.43. The number of aryl methyl sites for hydroxylation is 1. The second-order valence-electron chi connectivity index (χ2n) is 2.87. The first-order chi connectivity index (χ1) is 6.20. The van der Waals surface area contributed by atoms with Crippen LogP contribution in [0.2, 0.25) is 0 Å². The molecule has 0 bridgehead atoms. The van der Waals surface area contributed by atoms with Crippen LogP contribution < -0.4 is 10.5 Å². The lowest BCUT2D eigenvalue weighted by Crippen LogP contribution is -1.84. The fourth-order valence-corrected chi connectivity index (χ4v) is 1.30. The summed E-state index contributed by atoms with van der Waals surface area (Å²) in [6.45, 7) is 1.97. The van der Waals surface area contributed by atoms with Crippen LogP contribution in [0.15, 0.2) is 16.5 Å².